The van der Waals surface area contributed by atoms with Crippen molar-refractivity contribution < 1.29 is 4.79 Å². The van der Waals surface area contributed by atoms with Gasteiger partial charge in [0.15, 0.2) is 5.16 Å². The summed E-state index contributed by atoms with van der Waals surface area (Å²) in [6.45, 7) is 5.39. The van der Waals surface area contributed by atoms with Gasteiger partial charge in [-0.05, 0) is 50.8 Å². The number of nitrogens with one attached hydrogen (secondary N) is 1. The maximum absolute atomic E-state index is 12.3. The Kier molecular flexibility index (Phi) is 5.58. The highest BCUT2D eigenvalue weighted by Crippen LogP contribution is 2.22. The van der Waals surface area contributed by atoms with Gasteiger partial charge in [-0.15, -0.1) is 0 Å². The number of thioether (sulfide) groups is 1. The Morgan fingerprint density at radius 3 is 2.60 bits per heavy atom. The van der Waals surface area contributed by atoms with Crippen LogP contribution in [0.3, 0.4) is 0 Å². The van der Waals surface area contributed by atoms with E-state index in [1.165, 1.54) is 11.8 Å². The third-order valence-corrected chi connectivity index (χ3v) is 5.49. The number of hydrogen-bond acceptors (Lipinski definition) is 4. The minimum atomic E-state index is 0.00478. The van der Waals surface area contributed by atoms with Crippen molar-refractivity contribution in [1.29, 1.82) is 0 Å². The number of aryl methyl sites for hydroxylation is 1. The summed E-state index contributed by atoms with van der Waals surface area (Å²) in [5.74, 6) is 0.774. The number of nitrogens with zero attached hydrogens (tertiary/aromatic N) is 2. The number of amides is 1. The van der Waals surface area contributed by atoms with Crippen molar-refractivity contribution in [3.8, 4) is 0 Å². The van der Waals surface area contributed by atoms with E-state index in [0.29, 0.717) is 29.6 Å². The Labute approximate surface area is 151 Å². The Hall–Kier alpha value is -2.08. The molecular weight excluding hydrogens is 334 g/mol. The van der Waals surface area contributed by atoms with Gasteiger partial charge in [0, 0.05) is 30.0 Å². The molecule has 132 valence electrons. The molecule has 1 aromatic heterocycles. The molecule has 0 bridgehead atoms. The van der Waals surface area contributed by atoms with Crippen molar-refractivity contribution >= 4 is 17.7 Å². The fourth-order valence-corrected chi connectivity index (χ4v) is 3.91. The van der Waals surface area contributed by atoms with Crippen LogP contribution >= 0.6 is 11.8 Å². The molecule has 0 saturated carbocycles. The second-order valence-electron chi connectivity index (χ2n) is 6.11. The molecule has 0 spiro atoms. The van der Waals surface area contributed by atoms with E-state index in [1.54, 1.807) is 0 Å². The number of carbonyl (C=O) groups is 1. The van der Waals surface area contributed by atoms with E-state index in [4.69, 9.17) is 0 Å². The molecule has 0 unspecified atom stereocenters. The van der Waals surface area contributed by atoms with Gasteiger partial charge in [0.25, 0.3) is 11.5 Å². The van der Waals surface area contributed by atoms with Gasteiger partial charge in [-0.2, -0.15) is 0 Å². The van der Waals surface area contributed by atoms with Crippen molar-refractivity contribution in [3.05, 3.63) is 57.0 Å². The number of hydrogen-bond donors (Lipinski definition) is 1. The zero-order chi connectivity index (χ0) is 17.8. The molecule has 6 heteroatoms. The smallest absolute Gasteiger partial charge is 0.254 e. The second kappa shape index (κ2) is 7.87. The quantitative estimate of drug-likeness (QED) is 0.637. The molecule has 1 aromatic carbocycles. The van der Waals surface area contributed by atoms with Gasteiger partial charge < -0.3 is 9.88 Å². The first kappa shape index (κ1) is 17.7. The predicted molar refractivity (Wildman–Crippen MR) is 100 cm³/mol. The SMILES string of the molecule is CCN(CC)C(=O)c1ccc(CSc2nc3c(c(=O)[nH]2)CCC3)cc1. The zero-order valence-electron chi connectivity index (χ0n) is 14.7. The molecule has 2 aromatic rings. The van der Waals surface area contributed by atoms with E-state index in [2.05, 4.69) is 9.97 Å². The molecule has 1 aliphatic carbocycles. The summed E-state index contributed by atoms with van der Waals surface area (Å²) in [5, 5.41) is 0.675. The summed E-state index contributed by atoms with van der Waals surface area (Å²) in [7, 11) is 0. The maximum atomic E-state index is 12.3. The number of fused-ring (bicyclic) bond motifs is 1. The van der Waals surface area contributed by atoms with E-state index in [0.717, 1.165) is 36.1 Å². The first-order valence-electron chi connectivity index (χ1n) is 8.75. The summed E-state index contributed by atoms with van der Waals surface area (Å²) in [4.78, 5) is 33.6. The predicted octanol–water partition coefficient (Wildman–Crippen LogP) is 3.03. The van der Waals surface area contributed by atoms with Crippen LogP contribution in [0.5, 0.6) is 0 Å². The molecule has 0 atom stereocenters. The van der Waals surface area contributed by atoms with Crippen LogP contribution in [0.1, 0.15) is 47.4 Å². The van der Waals surface area contributed by atoms with Gasteiger partial charge in [-0.25, -0.2) is 4.98 Å². The highest BCUT2D eigenvalue weighted by Gasteiger charge is 2.17. The van der Waals surface area contributed by atoms with Crippen LogP contribution in [0.15, 0.2) is 34.2 Å². The van der Waals surface area contributed by atoms with Gasteiger partial charge in [0.05, 0.1) is 5.69 Å². The lowest BCUT2D eigenvalue weighted by Crippen LogP contribution is -2.30. The normalized spacial score (nSPS) is 12.9. The fourth-order valence-electron chi connectivity index (χ4n) is 3.08. The fraction of sp³-hybridized carbons (Fsp3) is 0.421. The lowest BCUT2D eigenvalue weighted by atomic mass is 10.1. The van der Waals surface area contributed by atoms with Crippen LogP contribution in [-0.4, -0.2) is 33.9 Å². The van der Waals surface area contributed by atoms with Crippen LogP contribution in [0.2, 0.25) is 0 Å². The van der Waals surface area contributed by atoms with Gasteiger partial charge in [-0.3, -0.25) is 9.59 Å². The molecule has 5 nitrogen and oxygen atoms in total. The van der Waals surface area contributed by atoms with E-state index in [9.17, 15) is 9.59 Å². The maximum Gasteiger partial charge on any atom is 0.254 e. The van der Waals surface area contributed by atoms with E-state index >= 15 is 0 Å². The molecule has 1 N–H and O–H groups in total. The lowest BCUT2D eigenvalue weighted by molar-refractivity contribution is 0.0773. The van der Waals surface area contributed by atoms with Crippen LogP contribution < -0.4 is 5.56 Å². The number of H-pyrrole nitrogens is 1. The Balaban J connectivity index is 1.65. The standard InChI is InChI=1S/C19H23N3O2S/c1-3-22(4-2)18(24)14-10-8-13(9-11-14)12-25-19-20-16-7-5-6-15(16)17(23)21-19/h8-11H,3-7,12H2,1-2H3,(H,20,21,23). The van der Waals surface area contributed by atoms with Crippen molar-refractivity contribution in [1.82, 2.24) is 14.9 Å². The van der Waals surface area contributed by atoms with Crippen LogP contribution in [0.4, 0.5) is 0 Å². The summed E-state index contributed by atoms with van der Waals surface area (Å²) < 4.78 is 0. The highest BCUT2D eigenvalue weighted by molar-refractivity contribution is 7.98. The number of carbonyl (C=O) groups excluding carboxylic acids is 1. The minimum absolute atomic E-state index is 0.00478. The molecule has 0 fully saturated rings. The molecule has 0 saturated heterocycles. The summed E-state index contributed by atoms with van der Waals surface area (Å²) in [6.07, 6.45) is 2.75. The first-order chi connectivity index (χ1) is 12.1. The summed E-state index contributed by atoms with van der Waals surface area (Å²) >= 11 is 1.52. The molecule has 3 rings (SSSR count). The van der Waals surface area contributed by atoms with Gasteiger partial charge >= 0.3 is 0 Å². The molecule has 1 amide bonds. The number of aromatic nitrogens is 2. The first-order valence-corrected chi connectivity index (χ1v) is 9.74. The van der Waals surface area contributed by atoms with Crippen molar-refractivity contribution in [2.24, 2.45) is 0 Å². The molecule has 0 radical (unpaired) electrons. The third kappa shape index (κ3) is 3.95. The van der Waals surface area contributed by atoms with Crippen LogP contribution in [-0.2, 0) is 18.6 Å². The van der Waals surface area contributed by atoms with E-state index in [1.807, 2.05) is 43.0 Å². The minimum Gasteiger partial charge on any atom is -0.339 e. The largest absolute Gasteiger partial charge is 0.339 e. The van der Waals surface area contributed by atoms with Crippen molar-refractivity contribution in [3.63, 3.8) is 0 Å². The summed E-state index contributed by atoms with van der Waals surface area (Å²) in [5.41, 5.74) is 3.62. The summed E-state index contributed by atoms with van der Waals surface area (Å²) in [6, 6.07) is 7.68. The average molecular weight is 357 g/mol. The van der Waals surface area contributed by atoms with Crippen LogP contribution in [0.25, 0.3) is 0 Å². The Morgan fingerprint density at radius 1 is 1.20 bits per heavy atom. The van der Waals surface area contributed by atoms with Gasteiger partial charge in [0.1, 0.15) is 0 Å². The number of rotatable bonds is 6. The second-order valence-corrected chi connectivity index (χ2v) is 7.08. The Bertz CT molecular complexity index is 810. The van der Waals surface area contributed by atoms with Crippen LogP contribution in [0, 0.1) is 0 Å². The van der Waals surface area contributed by atoms with Gasteiger partial charge in [0.2, 0.25) is 0 Å². The molecule has 25 heavy (non-hydrogen) atoms. The van der Waals surface area contributed by atoms with E-state index in [-0.39, 0.29) is 11.5 Å². The van der Waals surface area contributed by atoms with Crippen molar-refractivity contribution in [2.75, 3.05) is 13.1 Å². The number of aromatic amines is 1. The average Bonchev–Trinajstić information content (AvgIpc) is 3.10. The Morgan fingerprint density at radius 2 is 1.92 bits per heavy atom. The molecule has 0 aliphatic heterocycles. The van der Waals surface area contributed by atoms with E-state index < -0.39 is 0 Å². The zero-order valence-corrected chi connectivity index (χ0v) is 15.5. The van der Waals surface area contributed by atoms with Gasteiger partial charge in [-0.1, -0.05) is 23.9 Å². The molecule has 1 aliphatic rings. The van der Waals surface area contributed by atoms with Crippen molar-refractivity contribution in [2.45, 2.75) is 44.0 Å². The third-order valence-electron chi connectivity index (χ3n) is 4.55. The number of benzene rings is 1. The lowest BCUT2D eigenvalue weighted by Gasteiger charge is -2.18. The molecular formula is C19H23N3O2S. The topological polar surface area (TPSA) is 66.1 Å². The highest BCUT2D eigenvalue weighted by atomic mass is 32.2. The monoisotopic (exact) mass is 357 g/mol. The molecule has 1 heterocycles.